The number of oxazole rings is 1. The molecule has 4 aromatic rings. The van der Waals surface area contributed by atoms with E-state index in [1.807, 2.05) is 18.2 Å². The predicted octanol–water partition coefficient (Wildman–Crippen LogP) is 1.75. The minimum atomic E-state index is -0.557. The number of hydrogen-bond acceptors (Lipinski definition) is 8. The molecule has 0 fully saturated rings. The van der Waals surface area contributed by atoms with Crippen LogP contribution in [0.3, 0.4) is 0 Å². The predicted molar refractivity (Wildman–Crippen MR) is 112 cm³/mol. The Morgan fingerprint density at radius 3 is 2.67 bits per heavy atom. The third-order valence-electron chi connectivity index (χ3n) is 4.22. The van der Waals surface area contributed by atoms with Crippen molar-refractivity contribution >= 4 is 34.5 Å². The van der Waals surface area contributed by atoms with E-state index in [1.54, 1.807) is 36.5 Å². The summed E-state index contributed by atoms with van der Waals surface area (Å²) in [5.74, 6) is 1.04. The Morgan fingerprint density at radius 1 is 0.967 bits per heavy atom. The van der Waals surface area contributed by atoms with Crippen LogP contribution in [0.15, 0.2) is 70.3 Å². The second-order valence-electron chi connectivity index (χ2n) is 6.33. The number of rotatable bonds is 8. The van der Waals surface area contributed by atoms with Gasteiger partial charge in [-0.25, -0.2) is 19.7 Å². The molecule has 0 saturated carbocycles. The SMILES string of the molecule is O=C(Cn1c(=O)oc2ccccc21)NCCNc1cc(Nc2ccccn2)ncn1. The van der Waals surface area contributed by atoms with Crippen molar-refractivity contribution in [2.45, 2.75) is 6.54 Å². The molecule has 10 nitrogen and oxygen atoms in total. The zero-order chi connectivity index (χ0) is 20.8. The topological polar surface area (TPSA) is 127 Å². The maximum Gasteiger partial charge on any atom is 0.420 e. The van der Waals surface area contributed by atoms with E-state index in [2.05, 4.69) is 30.9 Å². The molecule has 0 saturated heterocycles. The van der Waals surface area contributed by atoms with Crippen LogP contribution in [-0.2, 0) is 11.3 Å². The second-order valence-corrected chi connectivity index (χ2v) is 6.33. The molecule has 3 N–H and O–H groups in total. The molecule has 0 aliphatic heterocycles. The summed E-state index contributed by atoms with van der Waals surface area (Å²) >= 11 is 0. The van der Waals surface area contributed by atoms with E-state index >= 15 is 0 Å². The van der Waals surface area contributed by atoms with Crippen LogP contribution in [0, 0.1) is 0 Å². The number of aromatic nitrogens is 4. The lowest BCUT2D eigenvalue weighted by Crippen LogP contribution is -2.33. The first kappa shape index (κ1) is 19.1. The highest BCUT2D eigenvalue weighted by Crippen LogP contribution is 2.13. The Balaban J connectivity index is 1.27. The van der Waals surface area contributed by atoms with E-state index in [4.69, 9.17) is 4.42 Å². The van der Waals surface area contributed by atoms with Crippen molar-refractivity contribution in [3.8, 4) is 0 Å². The number of carbonyl (C=O) groups excluding carboxylic acids is 1. The highest BCUT2D eigenvalue weighted by Gasteiger charge is 2.11. The number of nitrogens with zero attached hydrogens (tertiary/aromatic N) is 4. The Labute approximate surface area is 171 Å². The van der Waals surface area contributed by atoms with Crippen molar-refractivity contribution in [3.63, 3.8) is 0 Å². The number of carbonyl (C=O) groups is 1. The number of benzene rings is 1. The maximum absolute atomic E-state index is 12.2. The van der Waals surface area contributed by atoms with Crippen LogP contribution in [0.1, 0.15) is 0 Å². The van der Waals surface area contributed by atoms with Crippen LogP contribution < -0.4 is 21.7 Å². The molecular formula is C20H19N7O3. The van der Waals surface area contributed by atoms with Gasteiger partial charge in [-0.3, -0.25) is 9.36 Å². The summed E-state index contributed by atoms with van der Waals surface area (Å²) in [5.41, 5.74) is 1.04. The second kappa shape index (κ2) is 8.86. The fraction of sp³-hybridized carbons (Fsp3) is 0.150. The van der Waals surface area contributed by atoms with Crippen LogP contribution in [-0.4, -0.2) is 38.5 Å². The summed E-state index contributed by atoms with van der Waals surface area (Å²) in [7, 11) is 0. The van der Waals surface area contributed by atoms with Crippen LogP contribution in [0.25, 0.3) is 11.1 Å². The third kappa shape index (κ3) is 4.61. The quantitative estimate of drug-likeness (QED) is 0.379. The fourth-order valence-corrected chi connectivity index (χ4v) is 2.85. The van der Waals surface area contributed by atoms with Crippen LogP contribution in [0.5, 0.6) is 0 Å². The lowest BCUT2D eigenvalue weighted by Gasteiger charge is -2.09. The number of hydrogen-bond donors (Lipinski definition) is 3. The minimum absolute atomic E-state index is 0.110. The van der Waals surface area contributed by atoms with E-state index < -0.39 is 5.76 Å². The molecule has 30 heavy (non-hydrogen) atoms. The normalized spacial score (nSPS) is 10.7. The van der Waals surface area contributed by atoms with E-state index in [0.717, 1.165) is 0 Å². The van der Waals surface area contributed by atoms with E-state index in [1.165, 1.54) is 10.9 Å². The number of para-hydroxylation sites is 2. The van der Waals surface area contributed by atoms with Crippen LogP contribution in [0.2, 0.25) is 0 Å². The monoisotopic (exact) mass is 405 g/mol. The van der Waals surface area contributed by atoms with Gasteiger partial charge >= 0.3 is 5.76 Å². The Bertz CT molecular complexity index is 1200. The maximum atomic E-state index is 12.2. The molecule has 0 bridgehead atoms. The van der Waals surface area contributed by atoms with E-state index in [-0.39, 0.29) is 12.5 Å². The van der Waals surface area contributed by atoms with Crippen molar-refractivity contribution in [1.29, 1.82) is 0 Å². The zero-order valence-corrected chi connectivity index (χ0v) is 15.9. The minimum Gasteiger partial charge on any atom is -0.408 e. The molecule has 0 atom stereocenters. The van der Waals surface area contributed by atoms with Crippen LogP contribution >= 0.6 is 0 Å². The Morgan fingerprint density at radius 2 is 1.80 bits per heavy atom. The van der Waals surface area contributed by atoms with Gasteiger partial charge in [0.1, 0.15) is 30.3 Å². The van der Waals surface area contributed by atoms with Gasteiger partial charge in [0.25, 0.3) is 0 Å². The molecule has 0 aliphatic carbocycles. The third-order valence-corrected chi connectivity index (χ3v) is 4.22. The molecule has 4 rings (SSSR count). The first-order valence-corrected chi connectivity index (χ1v) is 9.28. The van der Waals surface area contributed by atoms with Gasteiger partial charge in [0.2, 0.25) is 5.91 Å². The molecule has 0 aliphatic rings. The molecule has 0 spiro atoms. The van der Waals surface area contributed by atoms with Gasteiger partial charge in [-0.1, -0.05) is 18.2 Å². The largest absolute Gasteiger partial charge is 0.420 e. The number of pyridine rings is 1. The van der Waals surface area contributed by atoms with Gasteiger partial charge in [0.15, 0.2) is 5.58 Å². The van der Waals surface area contributed by atoms with Gasteiger partial charge in [0, 0.05) is 25.4 Å². The van der Waals surface area contributed by atoms with Crippen LogP contribution in [0.4, 0.5) is 17.5 Å². The number of fused-ring (bicyclic) bond motifs is 1. The lowest BCUT2D eigenvalue weighted by molar-refractivity contribution is -0.121. The van der Waals surface area contributed by atoms with Gasteiger partial charge in [-0.15, -0.1) is 0 Å². The van der Waals surface area contributed by atoms with Gasteiger partial charge in [-0.2, -0.15) is 0 Å². The Hall–Kier alpha value is -4.21. The molecule has 1 amide bonds. The van der Waals surface area contributed by atoms with Crippen molar-refractivity contribution in [1.82, 2.24) is 24.8 Å². The summed E-state index contributed by atoms with van der Waals surface area (Å²) in [6, 6.07) is 14.3. The van der Waals surface area contributed by atoms with Crippen molar-refractivity contribution in [2.75, 3.05) is 23.7 Å². The smallest absolute Gasteiger partial charge is 0.408 e. The highest BCUT2D eigenvalue weighted by atomic mass is 16.4. The first-order chi connectivity index (χ1) is 14.7. The summed E-state index contributed by atoms with van der Waals surface area (Å²) in [6.07, 6.45) is 3.12. The Kier molecular flexibility index (Phi) is 5.65. The van der Waals surface area contributed by atoms with Crippen molar-refractivity contribution in [3.05, 3.63) is 71.6 Å². The zero-order valence-electron chi connectivity index (χ0n) is 15.9. The number of nitrogens with one attached hydrogen (secondary N) is 3. The highest BCUT2D eigenvalue weighted by molar-refractivity contribution is 5.79. The van der Waals surface area contributed by atoms with E-state index in [0.29, 0.717) is 41.6 Å². The summed E-state index contributed by atoms with van der Waals surface area (Å²) in [4.78, 5) is 36.6. The lowest BCUT2D eigenvalue weighted by atomic mass is 10.3. The fourth-order valence-electron chi connectivity index (χ4n) is 2.85. The van der Waals surface area contributed by atoms with Gasteiger partial charge < -0.3 is 20.4 Å². The first-order valence-electron chi connectivity index (χ1n) is 9.28. The average Bonchev–Trinajstić information content (AvgIpc) is 3.07. The van der Waals surface area contributed by atoms with Crippen molar-refractivity contribution in [2.24, 2.45) is 0 Å². The summed E-state index contributed by atoms with van der Waals surface area (Å²) < 4.78 is 6.43. The molecule has 3 heterocycles. The summed E-state index contributed by atoms with van der Waals surface area (Å²) in [5, 5.41) is 8.96. The molecule has 152 valence electrons. The average molecular weight is 405 g/mol. The van der Waals surface area contributed by atoms with Gasteiger partial charge in [0.05, 0.1) is 5.52 Å². The number of amides is 1. The summed E-state index contributed by atoms with van der Waals surface area (Å²) in [6.45, 7) is 0.699. The van der Waals surface area contributed by atoms with Gasteiger partial charge in [-0.05, 0) is 24.3 Å². The van der Waals surface area contributed by atoms with Crippen molar-refractivity contribution < 1.29 is 9.21 Å². The standard InChI is InChI=1S/C20H19N7O3/c28-19(12-27-14-5-1-2-6-15(14)30-20(27)29)23-10-9-22-17-11-18(25-13-24-17)26-16-7-3-4-8-21-16/h1-8,11,13H,9-10,12H2,(H,23,28)(H2,21,22,24,25,26). The molecule has 1 aromatic carbocycles. The molecule has 10 heteroatoms. The molecule has 0 unspecified atom stereocenters. The molecular weight excluding hydrogens is 386 g/mol. The van der Waals surface area contributed by atoms with E-state index in [9.17, 15) is 9.59 Å². The number of anilines is 3. The molecule has 3 aromatic heterocycles. The molecule has 0 radical (unpaired) electrons.